The second-order valence-electron chi connectivity index (χ2n) is 5.07. The first-order valence-electron chi connectivity index (χ1n) is 7.15. The molecule has 0 bridgehead atoms. The summed E-state index contributed by atoms with van der Waals surface area (Å²) in [6.45, 7) is 8.56. The Morgan fingerprint density at radius 2 is 2.00 bits per heavy atom. The highest BCUT2D eigenvalue weighted by molar-refractivity contribution is 4.70. The van der Waals surface area contributed by atoms with Gasteiger partial charge in [-0.2, -0.15) is 0 Å². The molecule has 1 rings (SSSR count). The molecule has 1 saturated carbocycles. The quantitative estimate of drug-likeness (QED) is 0.611. The van der Waals surface area contributed by atoms with Gasteiger partial charge in [0.1, 0.15) is 0 Å². The first-order chi connectivity index (χ1) is 7.86. The SMILES string of the molecule is CCOCCC(CC)CNCC1CCCC1. The molecule has 16 heavy (non-hydrogen) atoms. The summed E-state index contributed by atoms with van der Waals surface area (Å²) >= 11 is 0. The van der Waals surface area contributed by atoms with Crippen LogP contribution in [0.15, 0.2) is 0 Å². The topological polar surface area (TPSA) is 21.3 Å². The van der Waals surface area contributed by atoms with Crippen molar-refractivity contribution in [2.45, 2.75) is 52.4 Å². The highest BCUT2D eigenvalue weighted by atomic mass is 16.5. The van der Waals surface area contributed by atoms with Gasteiger partial charge in [0.2, 0.25) is 0 Å². The third-order valence-corrected chi connectivity index (χ3v) is 3.79. The van der Waals surface area contributed by atoms with E-state index >= 15 is 0 Å². The first-order valence-corrected chi connectivity index (χ1v) is 7.15. The van der Waals surface area contributed by atoms with Gasteiger partial charge in [0, 0.05) is 13.2 Å². The molecule has 2 nitrogen and oxygen atoms in total. The second-order valence-corrected chi connectivity index (χ2v) is 5.07. The van der Waals surface area contributed by atoms with Gasteiger partial charge in [0.05, 0.1) is 0 Å². The van der Waals surface area contributed by atoms with Crippen LogP contribution in [-0.2, 0) is 4.74 Å². The minimum atomic E-state index is 0.799. The maximum Gasteiger partial charge on any atom is 0.0469 e. The Balaban J connectivity index is 1.99. The van der Waals surface area contributed by atoms with E-state index < -0.39 is 0 Å². The van der Waals surface area contributed by atoms with Crippen molar-refractivity contribution in [2.75, 3.05) is 26.3 Å². The Labute approximate surface area is 101 Å². The van der Waals surface area contributed by atoms with Crippen LogP contribution in [-0.4, -0.2) is 26.3 Å². The number of hydrogen-bond acceptors (Lipinski definition) is 2. The van der Waals surface area contributed by atoms with Crippen LogP contribution in [0, 0.1) is 11.8 Å². The highest BCUT2D eigenvalue weighted by Crippen LogP contribution is 2.23. The zero-order valence-electron chi connectivity index (χ0n) is 11.1. The monoisotopic (exact) mass is 227 g/mol. The molecule has 0 aromatic rings. The van der Waals surface area contributed by atoms with E-state index in [4.69, 9.17) is 4.74 Å². The maximum absolute atomic E-state index is 5.42. The Morgan fingerprint density at radius 1 is 1.25 bits per heavy atom. The van der Waals surface area contributed by atoms with Gasteiger partial charge in [-0.05, 0) is 51.1 Å². The zero-order chi connectivity index (χ0) is 11.6. The normalized spacial score (nSPS) is 19.1. The Hall–Kier alpha value is -0.0800. The summed E-state index contributed by atoms with van der Waals surface area (Å²) in [6, 6.07) is 0. The lowest BCUT2D eigenvalue weighted by atomic mass is 10.0. The summed E-state index contributed by atoms with van der Waals surface area (Å²) in [5, 5.41) is 3.65. The fourth-order valence-electron chi connectivity index (χ4n) is 2.55. The minimum absolute atomic E-state index is 0.799. The summed E-state index contributed by atoms with van der Waals surface area (Å²) in [6.07, 6.45) is 8.28. The van der Waals surface area contributed by atoms with Crippen LogP contribution in [0.25, 0.3) is 0 Å². The Morgan fingerprint density at radius 3 is 2.62 bits per heavy atom. The molecule has 0 aromatic heterocycles. The molecule has 0 spiro atoms. The maximum atomic E-state index is 5.42. The predicted octanol–water partition coefficient (Wildman–Crippen LogP) is 3.22. The lowest BCUT2D eigenvalue weighted by Gasteiger charge is -2.17. The van der Waals surface area contributed by atoms with Crippen molar-refractivity contribution in [3.05, 3.63) is 0 Å². The molecule has 0 radical (unpaired) electrons. The van der Waals surface area contributed by atoms with Crippen molar-refractivity contribution in [3.63, 3.8) is 0 Å². The summed E-state index contributed by atoms with van der Waals surface area (Å²) in [7, 11) is 0. The standard InChI is InChI=1S/C14H29NO/c1-3-13(9-10-16-4-2)11-15-12-14-7-5-6-8-14/h13-15H,3-12H2,1-2H3. The molecule has 1 aliphatic carbocycles. The largest absolute Gasteiger partial charge is 0.382 e. The molecule has 1 aliphatic rings. The summed E-state index contributed by atoms with van der Waals surface area (Å²) < 4.78 is 5.42. The van der Waals surface area contributed by atoms with E-state index in [2.05, 4.69) is 19.2 Å². The molecule has 96 valence electrons. The lowest BCUT2D eigenvalue weighted by Crippen LogP contribution is -2.27. The molecule has 0 saturated heterocycles. The van der Waals surface area contributed by atoms with Gasteiger partial charge in [-0.25, -0.2) is 0 Å². The zero-order valence-corrected chi connectivity index (χ0v) is 11.1. The van der Waals surface area contributed by atoms with Gasteiger partial charge in [0.25, 0.3) is 0 Å². The molecule has 0 amide bonds. The van der Waals surface area contributed by atoms with Crippen LogP contribution in [0.2, 0.25) is 0 Å². The van der Waals surface area contributed by atoms with E-state index in [1.165, 1.54) is 51.6 Å². The van der Waals surface area contributed by atoms with Crippen molar-refractivity contribution >= 4 is 0 Å². The van der Waals surface area contributed by atoms with Crippen LogP contribution in [0.5, 0.6) is 0 Å². The van der Waals surface area contributed by atoms with Crippen molar-refractivity contribution in [1.29, 1.82) is 0 Å². The van der Waals surface area contributed by atoms with E-state index in [1.54, 1.807) is 0 Å². The molecular weight excluding hydrogens is 198 g/mol. The molecule has 1 atom stereocenters. The van der Waals surface area contributed by atoms with Crippen molar-refractivity contribution in [2.24, 2.45) is 11.8 Å². The minimum Gasteiger partial charge on any atom is -0.382 e. The van der Waals surface area contributed by atoms with Crippen molar-refractivity contribution < 1.29 is 4.74 Å². The Bertz CT molecular complexity index is 155. The van der Waals surface area contributed by atoms with Gasteiger partial charge >= 0.3 is 0 Å². The number of nitrogens with one attached hydrogen (secondary N) is 1. The summed E-state index contributed by atoms with van der Waals surface area (Å²) in [5.74, 6) is 1.76. The van der Waals surface area contributed by atoms with E-state index in [0.717, 1.165) is 25.0 Å². The van der Waals surface area contributed by atoms with Gasteiger partial charge in [-0.3, -0.25) is 0 Å². The van der Waals surface area contributed by atoms with E-state index in [1.807, 2.05) is 0 Å². The van der Waals surface area contributed by atoms with E-state index in [9.17, 15) is 0 Å². The number of hydrogen-bond donors (Lipinski definition) is 1. The van der Waals surface area contributed by atoms with Crippen LogP contribution in [0.3, 0.4) is 0 Å². The second kappa shape index (κ2) is 9.00. The third-order valence-electron chi connectivity index (χ3n) is 3.79. The van der Waals surface area contributed by atoms with Crippen LogP contribution >= 0.6 is 0 Å². The van der Waals surface area contributed by atoms with Gasteiger partial charge in [0.15, 0.2) is 0 Å². The molecule has 2 heteroatoms. The third kappa shape index (κ3) is 5.86. The molecular formula is C14H29NO. The summed E-state index contributed by atoms with van der Waals surface area (Å²) in [5.41, 5.74) is 0. The highest BCUT2D eigenvalue weighted by Gasteiger charge is 2.14. The number of ether oxygens (including phenoxy) is 1. The molecule has 0 heterocycles. The van der Waals surface area contributed by atoms with Gasteiger partial charge in [-0.1, -0.05) is 26.2 Å². The van der Waals surface area contributed by atoms with Gasteiger partial charge < -0.3 is 10.1 Å². The Kier molecular flexibility index (Phi) is 7.87. The fraction of sp³-hybridized carbons (Fsp3) is 1.00. The fourth-order valence-corrected chi connectivity index (χ4v) is 2.55. The van der Waals surface area contributed by atoms with Crippen molar-refractivity contribution in [3.8, 4) is 0 Å². The van der Waals surface area contributed by atoms with E-state index in [-0.39, 0.29) is 0 Å². The van der Waals surface area contributed by atoms with Crippen molar-refractivity contribution in [1.82, 2.24) is 5.32 Å². The molecule has 1 fully saturated rings. The first kappa shape index (κ1) is 14.0. The molecule has 1 unspecified atom stereocenters. The molecule has 1 N–H and O–H groups in total. The molecule has 0 aliphatic heterocycles. The van der Waals surface area contributed by atoms with Crippen LogP contribution in [0.4, 0.5) is 0 Å². The average molecular weight is 227 g/mol. The van der Waals surface area contributed by atoms with Crippen LogP contribution in [0.1, 0.15) is 52.4 Å². The number of rotatable bonds is 9. The molecule has 0 aromatic carbocycles. The van der Waals surface area contributed by atoms with E-state index in [0.29, 0.717) is 0 Å². The predicted molar refractivity (Wildman–Crippen MR) is 69.7 cm³/mol. The average Bonchev–Trinajstić information content (AvgIpc) is 2.80. The lowest BCUT2D eigenvalue weighted by molar-refractivity contribution is 0.130. The van der Waals surface area contributed by atoms with Crippen LogP contribution < -0.4 is 5.32 Å². The summed E-state index contributed by atoms with van der Waals surface area (Å²) in [4.78, 5) is 0. The van der Waals surface area contributed by atoms with Gasteiger partial charge in [-0.15, -0.1) is 0 Å². The smallest absolute Gasteiger partial charge is 0.0469 e.